The normalized spacial score (nSPS) is 15.1. The standard InChI is InChI=1S/C25H28FN7O2S/c1-16(2)18-13-29-25(30-14-18)32-9-6-17(7-10-32)24-28-15-21-23(27-8-11-33(21)24)31-19-4-5-22(20(26)12-19)36(3,34)35/h4-5,8,11-17H,6-7,9-10H2,1-3H3,(H,27,31). The quantitative estimate of drug-likeness (QED) is 0.410. The summed E-state index contributed by atoms with van der Waals surface area (Å²) in [4.78, 5) is 20.1. The lowest BCUT2D eigenvalue weighted by Gasteiger charge is -2.31. The van der Waals surface area contributed by atoms with Gasteiger partial charge in [-0.3, -0.25) is 4.40 Å². The highest BCUT2D eigenvalue weighted by Gasteiger charge is 2.26. The van der Waals surface area contributed by atoms with Crippen molar-refractivity contribution in [3.8, 4) is 0 Å². The Bertz CT molecular complexity index is 1490. The lowest BCUT2D eigenvalue weighted by molar-refractivity contribution is 0.479. The van der Waals surface area contributed by atoms with E-state index in [1.807, 2.05) is 23.0 Å². The van der Waals surface area contributed by atoms with E-state index in [9.17, 15) is 12.8 Å². The molecule has 9 nitrogen and oxygen atoms in total. The molecule has 4 aromatic rings. The molecule has 0 saturated carbocycles. The molecule has 1 saturated heterocycles. The van der Waals surface area contributed by atoms with Gasteiger partial charge in [0.25, 0.3) is 0 Å². The maximum absolute atomic E-state index is 14.3. The summed E-state index contributed by atoms with van der Waals surface area (Å²) in [5, 5.41) is 3.09. The SMILES string of the molecule is CC(C)c1cnc(N2CCC(c3ncc4c(Nc5ccc(S(C)(=O)=O)c(F)c5)nccn34)CC2)nc1. The molecule has 36 heavy (non-hydrogen) atoms. The van der Waals surface area contributed by atoms with Gasteiger partial charge in [0.05, 0.1) is 6.20 Å². The van der Waals surface area contributed by atoms with E-state index in [1.54, 1.807) is 12.4 Å². The molecular weight excluding hydrogens is 481 g/mol. The number of hydrogen-bond donors (Lipinski definition) is 1. The van der Waals surface area contributed by atoms with E-state index in [2.05, 4.69) is 39.0 Å². The van der Waals surface area contributed by atoms with Crippen LogP contribution in [0, 0.1) is 5.82 Å². The van der Waals surface area contributed by atoms with Crippen molar-refractivity contribution in [3.05, 3.63) is 66.4 Å². The molecule has 0 spiro atoms. The molecule has 1 aliphatic heterocycles. The summed E-state index contributed by atoms with van der Waals surface area (Å²) < 4.78 is 39.7. The van der Waals surface area contributed by atoms with Crippen LogP contribution in [-0.4, -0.2) is 52.1 Å². The summed E-state index contributed by atoms with van der Waals surface area (Å²) >= 11 is 0. The van der Waals surface area contributed by atoms with Gasteiger partial charge in [0.15, 0.2) is 15.7 Å². The lowest BCUT2D eigenvalue weighted by Crippen LogP contribution is -2.34. The van der Waals surface area contributed by atoms with E-state index in [0.717, 1.165) is 61.1 Å². The summed E-state index contributed by atoms with van der Waals surface area (Å²) in [5.74, 6) is 2.08. The number of imidazole rings is 1. The lowest BCUT2D eigenvalue weighted by atomic mass is 9.96. The Balaban J connectivity index is 1.32. The van der Waals surface area contributed by atoms with Gasteiger partial charge in [0.2, 0.25) is 5.95 Å². The molecule has 4 heterocycles. The molecule has 0 atom stereocenters. The molecule has 1 N–H and O–H groups in total. The minimum atomic E-state index is -3.64. The van der Waals surface area contributed by atoms with Crippen LogP contribution in [0.25, 0.3) is 5.52 Å². The van der Waals surface area contributed by atoms with E-state index >= 15 is 0 Å². The molecule has 5 rings (SSSR count). The van der Waals surface area contributed by atoms with E-state index in [4.69, 9.17) is 4.98 Å². The van der Waals surface area contributed by atoms with Gasteiger partial charge in [-0.2, -0.15) is 0 Å². The Morgan fingerprint density at radius 3 is 2.42 bits per heavy atom. The van der Waals surface area contributed by atoms with Crippen molar-refractivity contribution in [3.63, 3.8) is 0 Å². The zero-order chi connectivity index (χ0) is 25.4. The molecule has 0 amide bonds. The van der Waals surface area contributed by atoms with Crippen molar-refractivity contribution < 1.29 is 12.8 Å². The molecule has 0 radical (unpaired) electrons. The number of benzene rings is 1. The van der Waals surface area contributed by atoms with Crippen LogP contribution < -0.4 is 10.2 Å². The number of sulfone groups is 1. The third-order valence-corrected chi connectivity index (χ3v) is 7.68. The van der Waals surface area contributed by atoms with Gasteiger partial charge >= 0.3 is 0 Å². The number of hydrogen-bond acceptors (Lipinski definition) is 8. The second-order valence-corrected chi connectivity index (χ2v) is 11.4. The van der Waals surface area contributed by atoms with Crippen molar-refractivity contribution in [2.45, 2.75) is 43.4 Å². The summed E-state index contributed by atoms with van der Waals surface area (Å²) in [6.07, 6.45) is 11.9. The molecule has 0 unspecified atom stereocenters. The number of anilines is 3. The van der Waals surface area contributed by atoms with Gasteiger partial charge < -0.3 is 10.2 Å². The molecule has 1 fully saturated rings. The van der Waals surface area contributed by atoms with Crippen molar-refractivity contribution in [1.29, 1.82) is 0 Å². The maximum atomic E-state index is 14.3. The summed E-state index contributed by atoms with van der Waals surface area (Å²) in [7, 11) is -3.64. The van der Waals surface area contributed by atoms with Gasteiger partial charge in [0.1, 0.15) is 22.1 Å². The predicted octanol–water partition coefficient (Wildman–Crippen LogP) is 4.31. The summed E-state index contributed by atoms with van der Waals surface area (Å²) in [6, 6.07) is 3.93. The number of fused-ring (bicyclic) bond motifs is 1. The minimum Gasteiger partial charge on any atom is -0.341 e. The van der Waals surface area contributed by atoms with Crippen molar-refractivity contribution >= 4 is 32.8 Å². The summed E-state index contributed by atoms with van der Waals surface area (Å²) in [5.41, 5.74) is 2.29. The van der Waals surface area contributed by atoms with E-state index < -0.39 is 15.7 Å². The first-order chi connectivity index (χ1) is 17.2. The fourth-order valence-corrected chi connectivity index (χ4v) is 5.22. The number of nitrogens with one attached hydrogen (secondary N) is 1. The first kappa shape index (κ1) is 24.1. The van der Waals surface area contributed by atoms with Gasteiger partial charge in [-0.25, -0.2) is 32.7 Å². The van der Waals surface area contributed by atoms with Gasteiger partial charge in [-0.05, 0) is 42.5 Å². The molecule has 1 aliphatic rings. The fraction of sp³-hybridized carbons (Fsp3) is 0.360. The Hall–Kier alpha value is -3.60. The van der Waals surface area contributed by atoms with Crippen LogP contribution in [0.15, 0.2) is 54.1 Å². The fourth-order valence-electron chi connectivity index (χ4n) is 4.49. The first-order valence-electron chi connectivity index (χ1n) is 11.9. The Labute approximate surface area is 209 Å². The van der Waals surface area contributed by atoms with Crippen LogP contribution in [0.5, 0.6) is 0 Å². The monoisotopic (exact) mass is 509 g/mol. The van der Waals surface area contributed by atoms with Crippen LogP contribution in [-0.2, 0) is 9.84 Å². The second-order valence-electron chi connectivity index (χ2n) is 9.42. The van der Waals surface area contributed by atoms with Crippen LogP contribution in [0.3, 0.4) is 0 Å². The summed E-state index contributed by atoms with van der Waals surface area (Å²) in [6.45, 7) is 5.93. The highest BCUT2D eigenvalue weighted by molar-refractivity contribution is 7.90. The van der Waals surface area contributed by atoms with Crippen molar-refractivity contribution in [1.82, 2.24) is 24.3 Å². The van der Waals surface area contributed by atoms with Crippen LogP contribution in [0.2, 0.25) is 0 Å². The number of halogens is 1. The first-order valence-corrected chi connectivity index (χ1v) is 13.8. The number of rotatable bonds is 6. The third-order valence-electron chi connectivity index (χ3n) is 6.55. The topological polar surface area (TPSA) is 105 Å². The largest absolute Gasteiger partial charge is 0.341 e. The zero-order valence-corrected chi connectivity index (χ0v) is 21.2. The average Bonchev–Trinajstić information content (AvgIpc) is 3.29. The van der Waals surface area contributed by atoms with Gasteiger partial charge in [-0.15, -0.1) is 0 Å². The zero-order valence-electron chi connectivity index (χ0n) is 20.4. The molecule has 188 valence electrons. The number of nitrogens with zero attached hydrogens (tertiary/aromatic N) is 6. The maximum Gasteiger partial charge on any atom is 0.225 e. The van der Waals surface area contributed by atoms with E-state index in [1.165, 1.54) is 12.1 Å². The Kier molecular flexibility index (Phi) is 6.33. The average molecular weight is 510 g/mol. The molecule has 0 bridgehead atoms. The van der Waals surface area contributed by atoms with Crippen molar-refractivity contribution in [2.75, 3.05) is 29.6 Å². The predicted molar refractivity (Wildman–Crippen MR) is 136 cm³/mol. The smallest absolute Gasteiger partial charge is 0.225 e. The Morgan fingerprint density at radius 1 is 1.06 bits per heavy atom. The highest BCUT2D eigenvalue weighted by Crippen LogP contribution is 2.31. The third kappa shape index (κ3) is 4.75. The second kappa shape index (κ2) is 9.45. The van der Waals surface area contributed by atoms with Crippen LogP contribution >= 0.6 is 0 Å². The number of piperidine rings is 1. The van der Waals surface area contributed by atoms with Crippen LogP contribution in [0.4, 0.5) is 21.8 Å². The molecule has 1 aromatic carbocycles. The van der Waals surface area contributed by atoms with E-state index in [0.29, 0.717) is 17.4 Å². The molecular formula is C25H28FN7O2S. The Morgan fingerprint density at radius 2 is 1.78 bits per heavy atom. The minimum absolute atomic E-state index is 0.264. The number of aromatic nitrogens is 5. The highest BCUT2D eigenvalue weighted by atomic mass is 32.2. The molecule has 0 aliphatic carbocycles. The van der Waals surface area contributed by atoms with Crippen LogP contribution in [0.1, 0.15) is 49.9 Å². The molecule has 11 heteroatoms. The van der Waals surface area contributed by atoms with Gasteiger partial charge in [0, 0.05) is 55.7 Å². The molecule has 3 aromatic heterocycles. The van der Waals surface area contributed by atoms with Gasteiger partial charge in [-0.1, -0.05) is 13.8 Å². The van der Waals surface area contributed by atoms with E-state index in [-0.39, 0.29) is 10.8 Å². The van der Waals surface area contributed by atoms with Crippen molar-refractivity contribution in [2.24, 2.45) is 0 Å².